The van der Waals surface area contributed by atoms with E-state index in [4.69, 9.17) is 11.6 Å². The van der Waals surface area contributed by atoms with Crippen molar-refractivity contribution in [2.75, 3.05) is 18.0 Å². The first-order valence-corrected chi connectivity index (χ1v) is 8.40. The van der Waals surface area contributed by atoms with E-state index in [-0.39, 0.29) is 36.3 Å². The molecule has 2 N–H and O–H groups in total. The quantitative estimate of drug-likeness (QED) is 0.841. The maximum absolute atomic E-state index is 12.7. The number of rotatable bonds is 4. The minimum absolute atomic E-state index is 0.0297. The van der Waals surface area contributed by atoms with E-state index in [9.17, 15) is 28.2 Å². The highest BCUT2D eigenvalue weighted by molar-refractivity contribution is 6.33. The molecule has 5 nitrogen and oxygen atoms in total. The third-order valence-electron chi connectivity index (χ3n) is 5.01. The van der Waals surface area contributed by atoms with Crippen molar-refractivity contribution in [1.82, 2.24) is 4.98 Å². The molecule has 1 saturated heterocycles. The largest absolute Gasteiger partial charge is 0.481 e. The zero-order valence-electron chi connectivity index (χ0n) is 13.3. The van der Waals surface area contributed by atoms with E-state index in [0.717, 1.165) is 18.9 Å². The van der Waals surface area contributed by atoms with Gasteiger partial charge in [0.2, 0.25) is 0 Å². The molecule has 0 aromatic carbocycles. The smallest absolute Gasteiger partial charge is 0.417 e. The minimum atomic E-state index is -4.55. The fourth-order valence-electron chi connectivity index (χ4n) is 3.41. The van der Waals surface area contributed by atoms with Gasteiger partial charge in [-0.3, -0.25) is 4.79 Å². The zero-order valence-corrected chi connectivity index (χ0v) is 14.0. The van der Waals surface area contributed by atoms with Gasteiger partial charge in [-0.15, -0.1) is 0 Å². The third-order valence-corrected chi connectivity index (χ3v) is 5.29. The topological polar surface area (TPSA) is 73.7 Å². The molecule has 1 aliphatic heterocycles. The highest BCUT2D eigenvalue weighted by atomic mass is 35.5. The van der Waals surface area contributed by atoms with E-state index in [2.05, 4.69) is 4.98 Å². The molecule has 138 valence electrons. The van der Waals surface area contributed by atoms with Gasteiger partial charge in [0.25, 0.3) is 0 Å². The Labute approximate surface area is 147 Å². The van der Waals surface area contributed by atoms with E-state index >= 15 is 0 Å². The molecule has 2 fully saturated rings. The van der Waals surface area contributed by atoms with E-state index in [1.165, 1.54) is 0 Å². The number of hydrogen-bond acceptors (Lipinski definition) is 4. The van der Waals surface area contributed by atoms with Gasteiger partial charge < -0.3 is 15.1 Å². The predicted octanol–water partition coefficient (Wildman–Crippen LogP) is 3.20. The van der Waals surface area contributed by atoms with Crippen LogP contribution in [0.25, 0.3) is 0 Å². The third kappa shape index (κ3) is 3.55. The standard InChI is InChI=1S/C16H18ClF3N2O3/c17-11-5-10(16(18,19)20)7-21-13(11)22-4-3-12(23)15(8-22,14(24)25)6-9-1-2-9/h5,7,9,12,23H,1-4,6,8H2,(H,24,25)/t12-,15-/m1/s1. The first-order chi connectivity index (χ1) is 11.6. The van der Waals surface area contributed by atoms with Crippen LogP contribution < -0.4 is 4.90 Å². The monoisotopic (exact) mass is 378 g/mol. The van der Waals surface area contributed by atoms with Crippen molar-refractivity contribution in [3.63, 3.8) is 0 Å². The summed E-state index contributed by atoms with van der Waals surface area (Å²) >= 11 is 5.98. The van der Waals surface area contributed by atoms with Crippen LogP contribution in [-0.4, -0.2) is 40.4 Å². The molecule has 0 spiro atoms. The Hall–Kier alpha value is -1.54. The lowest BCUT2D eigenvalue weighted by Gasteiger charge is -2.44. The molecular formula is C16H18ClF3N2O3. The summed E-state index contributed by atoms with van der Waals surface area (Å²) in [6.45, 7) is 0.247. The summed E-state index contributed by atoms with van der Waals surface area (Å²) in [5.41, 5.74) is -2.31. The van der Waals surface area contributed by atoms with Crippen LogP contribution in [0.2, 0.25) is 5.02 Å². The molecule has 2 heterocycles. The Balaban J connectivity index is 1.89. The molecule has 2 aliphatic rings. The normalized spacial score (nSPS) is 27.4. The molecular weight excluding hydrogens is 361 g/mol. The molecule has 3 rings (SSSR count). The maximum atomic E-state index is 12.7. The summed E-state index contributed by atoms with van der Waals surface area (Å²) < 4.78 is 38.2. The Bertz CT molecular complexity index is 681. The van der Waals surface area contributed by atoms with Crippen LogP contribution in [0.1, 0.15) is 31.2 Å². The lowest BCUT2D eigenvalue weighted by molar-refractivity contribution is -0.158. The highest BCUT2D eigenvalue weighted by Crippen LogP contribution is 2.46. The number of halogens is 4. The Kier molecular flexibility index (Phi) is 4.61. The number of aliphatic hydroxyl groups excluding tert-OH is 1. The Morgan fingerprint density at radius 2 is 2.08 bits per heavy atom. The maximum Gasteiger partial charge on any atom is 0.417 e. The van der Waals surface area contributed by atoms with Crippen LogP contribution in [0.3, 0.4) is 0 Å². The van der Waals surface area contributed by atoms with Gasteiger partial charge in [0.1, 0.15) is 11.2 Å². The number of aliphatic hydroxyl groups is 1. The average molecular weight is 379 g/mol. The summed E-state index contributed by atoms with van der Waals surface area (Å²) in [6, 6.07) is 0.790. The van der Waals surface area contributed by atoms with E-state index in [1.807, 2.05) is 0 Å². The molecule has 25 heavy (non-hydrogen) atoms. The Morgan fingerprint density at radius 1 is 1.40 bits per heavy atom. The van der Waals surface area contributed by atoms with Crippen molar-refractivity contribution >= 4 is 23.4 Å². The summed E-state index contributed by atoms with van der Waals surface area (Å²) in [7, 11) is 0. The van der Waals surface area contributed by atoms with Gasteiger partial charge in [0, 0.05) is 19.3 Å². The second kappa shape index (κ2) is 6.32. The number of carboxylic acid groups (broad SMARTS) is 1. The van der Waals surface area contributed by atoms with Crippen molar-refractivity contribution in [2.24, 2.45) is 11.3 Å². The van der Waals surface area contributed by atoms with Crippen LogP contribution in [0.15, 0.2) is 12.3 Å². The van der Waals surface area contributed by atoms with Crippen LogP contribution in [0.4, 0.5) is 19.0 Å². The fourth-order valence-corrected chi connectivity index (χ4v) is 3.70. The number of aromatic nitrogens is 1. The molecule has 0 amide bonds. The summed E-state index contributed by atoms with van der Waals surface area (Å²) in [5.74, 6) is -0.718. The number of alkyl halides is 3. The number of nitrogens with zero attached hydrogens (tertiary/aromatic N) is 2. The van der Waals surface area contributed by atoms with E-state index in [1.54, 1.807) is 4.90 Å². The van der Waals surface area contributed by atoms with Gasteiger partial charge in [-0.05, 0) is 24.8 Å². The summed E-state index contributed by atoms with van der Waals surface area (Å²) in [4.78, 5) is 17.3. The van der Waals surface area contributed by atoms with Crippen molar-refractivity contribution in [3.05, 3.63) is 22.8 Å². The number of aliphatic carboxylic acids is 1. The number of carboxylic acids is 1. The molecule has 1 aromatic heterocycles. The lowest BCUT2D eigenvalue weighted by atomic mass is 9.73. The van der Waals surface area contributed by atoms with Crippen LogP contribution >= 0.6 is 11.6 Å². The van der Waals surface area contributed by atoms with Gasteiger partial charge in [-0.2, -0.15) is 13.2 Å². The first-order valence-electron chi connectivity index (χ1n) is 8.02. The SMILES string of the molecule is O=C(O)[C@]1(CC2CC2)CN(c2ncc(C(F)(F)F)cc2Cl)CC[C@H]1O. The minimum Gasteiger partial charge on any atom is -0.481 e. The average Bonchev–Trinajstić information content (AvgIpc) is 3.32. The molecule has 0 radical (unpaired) electrons. The van der Waals surface area contributed by atoms with Gasteiger partial charge in [0.05, 0.1) is 16.7 Å². The number of hydrogen-bond donors (Lipinski definition) is 2. The van der Waals surface area contributed by atoms with Crippen LogP contribution in [0.5, 0.6) is 0 Å². The number of carbonyl (C=O) groups is 1. The fraction of sp³-hybridized carbons (Fsp3) is 0.625. The number of pyridine rings is 1. The van der Waals surface area contributed by atoms with Crippen molar-refractivity contribution in [2.45, 2.75) is 38.0 Å². The zero-order chi connectivity index (χ0) is 18.4. The second-order valence-corrected chi connectivity index (χ2v) is 7.27. The molecule has 0 unspecified atom stereocenters. The molecule has 0 bridgehead atoms. The van der Waals surface area contributed by atoms with Crippen LogP contribution in [-0.2, 0) is 11.0 Å². The van der Waals surface area contributed by atoms with E-state index < -0.39 is 29.2 Å². The first kappa shape index (κ1) is 18.3. The van der Waals surface area contributed by atoms with Crippen molar-refractivity contribution < 1.29 is 28.2 Å². The molecule has 1 aliphatic carbocycles. The van der Waals surface area contributed by atoms with Gasteiger partial charge in [-0.1, -0.05) is 24.4 Å². The highest BCUT2D eigenvalue weighted by Gasteiger charge is 2.52. The van der Waals surface area contributed by atoms with E-state index in [0.29, 0.717) is 12.6 Å². The molecule has 1 aromatic rings. The lowest BCUT2D eigenvalue weighted by Crippen LogP contribution is -2.56. The van der Waals surface area contributed by atoms with Crippen LogP contribution in [0, 0.1) is 11.3 Å². The molecule has 9 heteroatoms. The second-order valence-electron chi connectivity index (χ2n) is 6.86. The Morgan fingerprint density at radius 3 is 2.60 bits per heavy atom. The molecule has 2 atom stereocenters. The van der Waals surface area contributed by atoms with Crippen molar-refractivity contribution in [3.8, 4) is 0 Å². The van der Waals surface area contributed by atoms with Gasteiger partial charge >= 0.3 is 12.1 Å². The van der Waals surface area contributed by atoms with Gasteiger partial charge in [-0.25, -0.2) is 4.98 Å². The summed E-state index contributed by atoms with van der Waals surface area (Å²) in [5, 5.41) is 19.9. The van der Waals surface area contributed by atoms with Gasteiger partial charge in [0.15, 0.2) is 0 Å². The molecule has 1 saturated carbocycles. The van der Waals surface area contributed by atoms with Crippen molar-refractivity contribution in [1.29, 1.82) is 0 Å². The summed E-state index contributed by atoms with van der Waals surface area (Å²) in [6.07, 6.45) is -2.46. The number of anilines is 1. The predicted molar refractivity (Wildman–Crippen MR) is 84.5 cm³/mol. The number of piperidine rings is 1.